The third-order valence-corrected chi connectivity index (χ3v) is 2.11. The highest BCUT2D eigenvalue weighted by Gasteiger charge is 2.03. The zero-order valence-corrected chi connectivity index (χ0v) is 8.46. The summed E-state index contributed by atoms with van der Waals surface area (Å²) in [6, 6.07) is 6.40. The summed E-state index contributed by atoms with van der Waals surface area (Å²) in [5.41, 5.74) is 1.12. The number of nitrogens with zero attached hydrogens (tertiary/aromatic N) is 1. The third-order valence-electron chi connectivity index (χ3n) is 2.11. The van der Waals surface area contributed by atoms with E-state index in [-0.39, 0.29) is 0 Å². The molecular weight excluding hydrogens is 160 g/mol. The van der Waals surface area contributed by atoms with Crippen LogP contribution in [0.4, 0.5) is 0 Å². The van der Waals surface area contributed by atoms with Crippen LogP contribution in [0.15, 0.2) is 24.4 Å². The fraction of sp³-hybridized carbons (Fsp3) is 0.545. The van der Waals surface area contributed by atoms with Gasteiger partial charge in [-0.25, -0.2) is 0 Å². The molecular formula is C11H18N2. The second kappa shape index (κ2) is 5.70. The highest BCUT2D eigenvalue weighted by atomic mass is 14.9. The maximum absolute atomic E-state index is 4.29. The minimum atomic E-state index is 0.368. The molecule has 1 heterocycles. The Morgan fingerprint density at radius 3 is 2.92 bits per heavy atom. The van der Waals surface area contributed by atoms with Crippen molar-refractivity contribution in [2.75, 3.05) is 6.54 Å². The molecule has 1 rings (SSSR count). The lowest BCUT2D eigenvalue weighted by Gasteiger charge is -2.12. The van der Waals surface area contributed by atoms with Gasteiger partial charge in [-0.05, 0) is 32.0 Å². The molecule has 0 amide bonds. The molecule has 13 heavy (non-hydrogen) atoms. The largest absolute Gasteiger partial charge is 0.309 e. The molecule has 0 saturated carbocycles. The Hall–Kier alpha value is -0.890. The van der Waals surface area contributed by atoms with Gasteiger partial charge in [-0.3, -0.25) is 4.98 Å². The van der Waals surface area contributed by atoms with E-state index in [0.717, 1.165) is 12.2 Å². The Balaban J connectivity index is 2.35. The van der Waals surface area contributed by atoms with E-state index in [4.69, 9.17) is 0 Å². The van der Waals surface area contributed by atoms with Crippen LogP contribution >= 0.6 is 0 Å². The number of hydrogen-bond acceptors (Lipinski definition) is 2. The molecule has 0 saturated heterocycles. The van der Waals surface area contributed by atoms with Crippen LogP contribution in [-0.2, 0) is 0 Å². The van der Waals surface area contributed by atoms with Crippen LogP contribution in [-0.4, -0.2) is 11.5 Å². The topological polar surface area (TPSA) is 24.9 Å². The molecule has 0 radical (unpaired) electrons. The van der Waals surface area contributed by atoms with E-state index < -0.39 is 0 Å². The fourth-order valence-corrected chi connectivity index (χ4v) is 1.23. The molecule has 1 atom stereocenters. The van der Waals surface area contributed by atoms with Gasteiger partial charge in [0.2, 0.25) is 0 Å². The fourth-order valence-electron chi connectivity index (χ4n) is 1.23. The van der Waals surface area contributed by atoms with Crippen LogP contribution in [0, 0.1) is 0 Å². The molecule has 0 bridgehead atoms. The lowest BCUT2D eigenvalue weighted by atomic mass is 10.2. The Bertz CT molecular complexity index is 221. The van der Waals surface area contributed by atoms with Crippen molar-refractivity contribution in [1.82, 2.24) is 10.3 Å². The summed E-state index contributed by atoms with van der Waals surface area (Å²) in [4.78, 5) is 4.29. The zero-order chi connectivity index (χ0) is 9.52. The van der Waals surface area contributed by atoms with Crippen molar-refractivity contribution >= 4 is 0 Å². The Labute approximate surface area is 80.4 Å². The number of hydrogen-bond donors (Lipinski definition) is 1. The van der Waals surface area contributed by atoms with Gasteiger partial charge in [0, 0.05) is 12.2 Å². The first-order chi connectivity index (χ1) is 6.34. The summed E-state index contributed by atoms with van der Waals surface area (Å²) in [7, 11) is 0. The molecule has 0 fully saturated rings. The lowest BCUT2D eigenvalue weighted by Crippen LogP contribution is -2.20. The maximum atomic E-state index is 4.29. The van der Waals surface area contributed by atoms with Crippen LogP contribution in [0.3, 0.4) is 0 Å². The highest BCUT2D eigenvalue weighted by Crippen LogP contribution is 2.07. The van der Waals surface area contributed by atoms with Crippen molar-refractivity contribution < 1.29 is 0 Å². The second-order valence-electron chi connectivity index (χ2n) is 3.28. The molecule has 0 spiro atoms. The van der Waals surface area contributed by atoms with Crippen LogP contribution < -0.4 is 5.32 Å². The number of nitrogens with one attached hydrogen (secondary N) is 1. The van der Waals surface area contributed by atoms with Gasteiger partial charge < -0.3 is 5.32 Å². The first-order valence-corrected chi connectivity index (χ1v) is 4.99. The number of pyridine rings is 1. The summed E-state index contributed by atoms with van der Waals surface area (Å²) in [6.45, 7) is 5.43. The standard InChI is InChI=1S/C11H18N2/c1-3-4-8-12-10(2)11-7-5-6-9-13-11/h5-7,9-10,12H,3-4,8H2,1-2H3/t10-/m0/s1. The molecule has 0 unspecified atom stereocenters. The smallest absolute Gasteiger partial charge is 0.0570 e. The van der Waals surface area contributed by atoms with E-state index in [1.807, 2.05) is 18.3 Å². The Morgan fingerprint density at radius 1 is 1.46 bits per heavy atom. The predicted octanol–water partition coefficient (Wildman–Crippen LogP) is 2.53. The normalized spacial score (nSPS) is 12.8. The number of aromatic nitrogens is 1. The highest BCUT2D eigenvalue weighted by molar-refractivity contribution is 5.07. The van der Waals surface area contributed by atoms with Gasteiger partial charge in [-0.2, -0.15) is 0 Å². The van der Waals surface area contributed by atoms with E-state index in [1.165, 1.54) is 12.8 Å². The molecule has 0 aliphatic rings. The summed E-state index contributed by atoms with van der Waals surface area (Å²) < 4.78 is 0. The summed E-state index contributed by atoms with van der Waals surface area (Å²) in [5.74, 6) is 0. The first-order valence-electron chi connectivity index (χ1n) is 4.99. The predicted molar refractivity (Wildman–Crippen MR) is 55.6 cm³/mol. The van der Waals surface area contributed by atoms with Crippen molar-refractivity contribution in [1.29, 1.82) is 0 Å². The maximum Gasteiger partial charge on any atom is 0.0570 e. The van der Waals surface area contributed by atoms with Crippen molar-refractivity contribution in [2.24, 2.45) is 0 Å². The van der Waals surface area contributed by atoms with Crippen LogP contribution in [0.1, 0.15) is 38.4 Å². The van der Waals surface area contributed by atoms with Crippen molar-refractivity contribution in [3.63, 3.8) is 0 Å². The van der Waals surface area contributed by atoms with Crippen LogP contribution in [0.25, 0.3) is 0 Å². The van der Waals surface area contributed by atoms with Crippen molar-refractivity contribution in [2.45, 2.75) is 32.7 Å². The molecule has 72 valence electrons. The summed E-state index contributed by atoms with van der Waals surface area (Å²) in [6.07, 6.45) is 4.31. The number of rotatable bonds is 5. The Morgan fingerprint density at radius 2 is 2.31 bits per heavy atom. The van der Waals surface area contributed by atoms with Crippen molar-refractivity contribution in [3.05, 3.63) is 30.1 Å². The van der Waals surface area contributed by atoms with E-state index in [9.17, 15) is 0 Å². The van der Waals surface area contributed by atoms with Gasteiger partial charge in [0.05, 0.1) is 5.69 Å². The Kier molecular flexibility index (Phi) is 4.47. The van der Waals surface area contributed by atoms with Crippen molar-refractivity contribution in [3.8, 4) is 0 Å². The third kappa shape index (κ3) is 3.55. The monoisotopic (exact) mass is 178 g/mol. The van der Waals surface area contributed by atoms with Gasteiger partial charge in [-0.15, -0.1) is 0 Å². The van der Waals surface area contributed by atoms with E-state index in [1.54, 1.807) is 0 Å². The minimum Gasteiger partial charge on any atom is -0.309 e. The molecule has 0 aliphatic heterocycles. The lowest BCUT2D eigenvalue weighted by molar-refractivity contribution is 0.544. The SMILES string of the molecule is CCCCN[C@@H](C)c1ccccn1. The quantitative estimate of drug-likeness (QED) is 0.701. The number of unbranched alkanes of at least 4 members (excludes halogenated alkanes) is 1. The molecule has 1 aromatic rings. The average molecular weight is 178 g/mol. The van der Waals surface area contributed by atoms with E-state index in [2.05, 4.69) is 30.2 Å². The molecule has 0 aromatic carbocycles. The molecule has 1 N–H and O–H groups in total. The van der Waals surface area contributed by atoms with E-state index in [0.29, 0.717) is 6.04 Å². The molecule has 2 nitrogen and oxygen atoms in total. The zero-order valence-electron chi connectivity index (χ0n) is 8.46. The average Bonchev–Trinajstić information content (AvgIpc) is 2.19. The minimum absolute atomic E-state index is 0.368. The molecule has 2 heteroatoms. The van der Waals surface area contributed by atoms with Crippen LogP contribution in [0.5, 0.6) is 0 Å². The van der Waals surface area contributed by atoms with E-state index >= 15 is 0 Å². The molecule has 0 aliphatic carbocycles. The summed E-state index contributed by atoms with van der Waals surface area (Å²) in [5, 5.41) is 3.44. The second-order valence-corrected chi connectivity index (χ2v) is 3.28. The van der Waals surface area contributed by atoms with Crippen LogP contribution in [0.2, 0.25) is 0 Å². The van der Waals surface area contributed by atoms with Gasteiger partial charge in [0.1, 0.15) is 0 Å². The van der Waals surface area contributed by atoms with Gasteiger partial charge >= 0.3 is 0 Å². The summed E-state index contributed by atoms with van der Waals surface area (Å²) >= 11 is 0. The molecule has 1 aromatic heterocycles. The first kappa shape index (κ1) is 10.2. The van der Waals surface area contributed by atoms with Gasteiger partial charge in [0.15, 0.2) is 0 Å². The van der Waals surface area contributed by atoms with Gasteiger partial charge in [-0.1, -0.05) is 19.4 Å². The van der Waals surface area contributed by atoms with Gasteiger partial charge in [0.25, 0.3) is 0 Å².